The van der Waals surface area contributed by atoms with E-state index >= 15 is 0 Å². The third-order valence-corrected chi connectivity index (χ3v) is 2.97. The molecule has 1 rings (SSSR count). The summed E-state index contributed by atoms with van der Waals surface area (Å²) in [5.41, 5.74) is 0. The summed E-state index contributed by atoms with van der Waals surface area (Å²) in [6, 6.07) is 0. The average Bonchev–Trinajstić information content (AvgIpc) is 2.45. The van der Waals surface area contributed by atoms with Crippen LogP contribution in [0.25, 0.3) is 0 Å². The molecule has 1 fully saturated rings. The fourth-order valence-electron chi connectivity index (χ4n) is 1.72. The zero-order valence-corrected chi connectivity index (χ0v) is 11.3. The van der Waals surface area contributed by atoms with Gasteiger partial charge in [-0.2, -0.15) is 0 Å². The number of aliphatic hydroxyl groups excluding tert-OH is 3. The van der Waals surface area contributed by atoms with Gasteiger partial charge in [-0.15, -0.1) is 0 Å². The summed E-state index contributed by atoms with van der Waals surface area (Å²) in [7, 11) is 0. The molecule has 4 N–H and O–H groups in total. The minimum Gasteiger partial charge on any atom is -0.394 e. The lowest BCUT2D eigenvalue weighted by Gasteiger charge is -2.35. The first-order valence-corrected chi connectivity index (χ1v) is 6.44. The normalized spacial score (nSPS) is 31.6. The van der Waals surface area contributed by atoms with Gasteiger partial charge in [-0.1, -0.05) is 6.92 Å². The minimum absolute atomic E-state index is 0.00961. The number of ether oxygens (including phenoxy) is 2. The molecule has 116 valence electrons. The molecule has 5 atom stereocenters. The van der Waals surface area contributed by atoms with Crippen molar-refractivity contribution in [1.82, 2.24) is 5.32 Å². The zero-order chi connectivity index (χ0) is 15.1. The molecule has 1 aliphatic heterocycles. The van der Waals surface area contributed by atoms with E-state index in [1.807, 2.05) is 0 Å². The summed E-state index contributed by atoms with van der Waals surface area (Å²) in [6.45, 7) is 1.14. The minimum atomic E-state index is -1.18. The van der Waals surface area contributed by atoms with Gasteiger partial charge in [0.05, 0.1) is 12.7 Å². The number of carbonyl (C=O) groups is 2. The maximum Gasteiger partial charge on any atom is 0.246 e. The van der Waals surface area contributed by atoms with Crippen LogP contribution in [0.1, 0.15) is 13.3 Å². The molecule has 1 saturated heterocycles. The number of aldehydes is 1. The number of amides is 1. The summed E-state index contributed by atoms with van der Waals surface area (Å²) in [6.07, 6.45) is -3.34. The Morgan fingerprint density at radius 2 is 2.25 bits per heavy atom. The van der Waals surface area contributed by atoms with Crippen LogP contribution in [0.3, 0.4) is 0 Å². The second kappa shape index (κ2) is 8.28. The van der Waals surface area contributed by atoms with Gasteiger partial charge in [-0.3, -0.25) is 4.79 Å². The van der Waals surface area contributed by atoms with E-state index in [1.165, 1.54) is 0 Å². The van der Waals surface area contributed by atoms with E-state index < -0.39 is 37.1 Å². The van der Waals surface area contributed by atoms with Crippen molar-refractivity contribution in [3.05, 3.63) is 0 Å². The Kier molecular flexibility index (Phi) is 7.03. The second-order valence-corrected chi connectivity index (χ2v) is 4.81. The van der Waals surface area contributed by atoms with E-state index in [-0.39, 0.29) is 25.5 Å². The second-order valence-electron chi connectivity index (χ2n) is 4.81. The van der Waals surface area contributed by atoms with Gasteiger partial charge in [0.25, 0.3) is 0 Å². The largest absolute Gasteiger partial charge is 0.394 e. The molecule has 0 spiro atoms. The van der Waals surface area contributed by atoms with Crippen molar-refractivity contribution in [2.75, 3.05) is 19.8 Å². The molecule has 3 unspecified atom stereocenters. The lowest BCUT2D eigenvalue weighted by Crippen LogP contribution is -2.51. The van der Waals surface area contributed by atoms with Gasteiger partial charge in [0.15, 0.2) is 6.29 Å². The lowest BCUT2D eigenvalue weighted by molar-refractivity contribution is -0.255. The molecule has 0 radical (unpaired) electrons. The molecule has 8 heteroatoms. The van der Waals surface area contributed by atoms with Crippen molar-refractivity contribution in [2.45, 2.75) is 37.9 Å². The Balaban J connectivity index is 2.30. The van der Waals surface area contributed by atoms with Gasteiger partial charge in [0.2, 0.25) is 5.91 Å². The fraction of sp³-hybridized carbons (Fsp3) is 0.833. The maximum absolute atomic E-state index is 11.4. The Morgan fingerprint density at radius 3 is 2.85 bits per heavy atom. The Bertz CT molecular complexity index is 325. The molecule has 8 nitrogen and oxygen atoms in total. The molecule has 0 bridgehead atoms. The number of hydrogen-bond donors (Lipinski definition) is 4. The highest BCUT2D eigenvalue weighted by Gasteiger charge is 2.36. The maximum atomic E-state index is 11.4. The topological polar surface area (TPSA) is 125 Å². The average molecular weight is 291 g/mol. The van der Waals surface area contributed by atoms with Gasteiger partial charge in [0.1, 0.15) is 25.1 Å². The smallest absolute Gasteiger partial charge is 0.246 e. The van der Waals surface area contributed by atoms with E-state index in [2.05, 4.69) is 5.32 Å². The number of nitrogens with one attached hydrogen (secondary N) is 1. The van der Waals surface area contributed by atoms with Crippen LogP contribution in [0.5, 0.6) is 0 Å². The van der Waals surface area contributed by atoms with Crippen LogP contribution >= 0.6 is 0 Å². The molecule has 1 amide bonds. The monoisotopic (exact) mass is 291 g/mol. The first-order valence-electron chi connectivity index (χ1n) is 6.44. The molecular formula is C12H21NO7. The van der Waals surface area contributed by atoms with Crippen molar-refractivity contribution in [1.29, 1.82) is 0 Å². The van der Waals surface area contributed by atoms with Crippen molar-refractivity contribution in [3.63, 3.8) is 0 Å². The number of aliphatic hydroxyl groups is 3. The van der Waals surface area contributed by atoms with Crippen molar-refractivity contribution >= 4 is 12.2 Å². The standard InChI is InChI=1S/C12H21NO7/c1-7(4-14)3-13-10(17)6-19-11-2-8(16)12(18)9(5-15)20-11/h4,7-9,11-12,15-16,18H,2-3,5-6H2,1H3,(H,13,17)/t7-,8+,9?,11?,12?/m0/s1. The van der Waals surface area contributed by atoms with Crippen LogP contribution in [0, 0.1) is 5.92 Å². The van der Waals surface area contributed by atoms with E-state index in [0.29, 0.717) is 0 Å². The number of rotatable bonds is 7. The number of hydrogen-bond acceptors (Lipinski definition) is 7. The lowest BCUT2D eigenvalue weighted by atomic mass is 10.0. The summed E-state index contributed by atoms with van der Waals surface area (Å²) in [5.74, 6) is -0.691. The van der Waals surface area contributed by atoms with Crippen molar-refractivity contribution in [2.24, 2.45) is 5.92 Å². The van der Waals surface area contributed by atoms with Crippen LogP contribution in [0.4, 0.5) is 0 Å². The van der Waals surface area contributed by atoms with Crippen LogP contribution in [0.2, 0.25) is 0 Å². The molecule has 0 aromatic rings. The predicted molar refractivity (Wildman–Crippen MR) is 66.6 cm³/mol. The number of carbonyl (C=O) groups excluding carboxylic acids is 2. The molecule has 0 aliphatic carbocycles. The van der Waals surface area contributed by atoms with Gasteiger partial charge in [-0.25, -0.2) is 0 Å². The molecule has 20 heavy (non-hydrogen) atoms. The van der Waals surface area contributed by atoms with Crippen molar-refractivity contribution < 1.29 is 34.4 Å². The Labute approximate surface area is 116 Å². The summed E-state index contributed by atoms with van der Waals surface area (Å²) in [4.78, 5) is 21.8. The molecule has 1 aliphatic rings. The first kappa shape index (κ1) is 17.0. The van der Waals surface area contributed by atoms with Crippen LogP contribution in [-0.4, -0.2) is 71.9 Å². The van der Waals surface area contributed by atoms with E-state index in [0.717, 1.165) is 6.29 Å². The molecule has 0 aromatic carbocycles. The summed E-state index contributed by atoms with van der Waals surface area (Å²) < 4.78 is 10.4. The van der Waals surface area contributed by atoms with Crippen molar-refractivity contribution in [3.8, 4) is 0 Å². The SMILES string of the molecule is C[C@H](C=O)CNC(=O)COC1C[C@@H](O)C(O)C(CO)O1. The van der Waals surface area contributed by atoms with Crippen LogP contribution < -0.4 is 5.32 Å². The molecule has 0 aromatic heterocycles. The first-order chi connectivity index (χ1) is 9.47. The third-order valence-electron chi connectivity index (χ3n) is 2.97. The zero-order valence-electron chi connectivity index (χ0n) is 11.3. The highest BCUT2D eigenvalue weighted by atomic mass is 16.7. The van der Waals surface area contributed by atoms with E-state index in [4.69, 9.17) is 14.6 Å². The third kappa shape index (κ3) is 5.14. The van der Waals surface area contributed by atoms with Crippen LogP contribution in [0.15, 0.2) is 0 Å². The quantitative estimate of drug-likeness (QED) is 0.392. The Morgan fingerprint density at radius 1 is 1.55 bits per heavy atom. The van der Waals surface area contributed by atoms with Gasteiger partial charge in [-0.05, 0) is 0 Å². The fourth-order valence-corrected chi connectivity index (χ4v) is 1.72. The summed E-state index contributed by atoms with van der Waals surface area (Å²) >= 11 is 0. The predicted octanol–water partition coefficient (Wildman–Crippen LogP) is -2.22. The highest BCUT2D eigenvalue weighted by molar-refractivity contribution is 5.77. The Hall–Kier alpha value is -1.06. The molecular weight excluding hydrogens is 270 g/mol. The molecule has 0 saturated carbocycles. The van der Waals surface area contributed by atoms with Crippen LogP contribution in [-0.2, 0) is 19.1 Å². The van der Waals surface area contributed by atoms with Gasteiger partial charge < -0.3 is 34.9 Å². The van der Waals surface area contributed by atoms with E-state index in [9.17, 15) is 19.8 Å². The molecule has 1 heterocycles. The summed E-state index contributed by atoms with van der Waals surface area (Å²) in [5, 5.41) is 30.6. The van der Waals surface area contributed by atoms with E-state index in [1.54, 1.807) is 6.92 Å². The highest BCUT2D eigenvalue weighted by Crippen LogP contribution is 2.20. The van der Waals surface area contributed by atoms with Gasteiger partial charge >= 0.3 is 0 Å². The van der Waals surface area contributed by atoms with Gasteiger partial charge in [0, 0.05) is 18.9 Å².